The lowest BCUT2D eigenvalue weighted by atomic mass is 10.1. The Morgan fingerprint density at radius 2 is 1.82 bits per heavy atom. The van der Waals surface area contributed by atoms with Crippen molar-refractivity contribution in [2.45, 2.75) is 13.3 Å². The normalized spacial score (nSPS) is 16.0. The summed E-state index contributed by atoms with van der Waals surface area (Å²) in [5, 5.41) is 0. The molecule has 0 saturated carbocycles. The summed E-state index contributed by atoms with van der Waals surface area (Å²) in [6.45, 7) is 6.35. The van der Waals surface area contributed by atoms with Crippen LogP contribution in [0.5, 0.6) is 0 Å². The monoisotopic (exact) mass is 298 g/mol. The summed E-state index contributed by atoms with van der Waals surface area (Å²) >= 11 is 0. The Labute approximate surface area is 131 Å². The van der Waals surface area contributed by atoms with Crippen LogP contribution in [-0.2, 0) is 6.42 Å². The highest BCUT2D eigenvalue weighted by Crippen LogP contribution is 2.14. The van der Waals surface area contributed by atoms with Crippen molar-refractivity contribution >= 4 is 5.91 Å². The minimum Gasteiger partial charge on any atom is -0.469 e. The van der Waals surface area contributed by atoms with E-state index in [0.29, 0.717) is 11.3 Å². The second-order valence-electron chi connectivity index (χ2n) is 5.76. The van der Waals surface area contributed by atoms with Gasteiger partial charge in [0.15, 0.2) is 0 Å². The fourth-order valence-corrected chi connectivity index (χ4v) is 2.88. The molecule has 0 bridgehead atoms. The molecule has 1 amide bonds. The lowest BCUT2D eigenvalue weighted by molar-refractivity contribution is 0.0637. The van der Waals surface area contributed by atoms with Crippen LogP contribution in [0, 0.1) is 6.92 Å². The van der Waals surface area contributed by atoms with Gasteiger partial charge in [0.25, 0.3) is 5.91 Å². The summed E-state index contributed by atoms with van der Waals surface area (Å²) in [5.41, 5.74) is 2.06. The third-order valence-electron chi connectivity index (χ3n) is 4.31. The van der Waals surface area contributed by atoms with Crippen molar-refractivity contribution < 1.29 is 9.21 Å². The van der Waals surface area contributed by atoms with Crippen molar-refractivity contribution in [3.63, 3.8) is 0 Å². The highest BCUT2D eigenvalue weighted by Gasteiger charge is 2.23. The zero-order chi connectivity index (χ0) is 15.4. The number of nitrogens with zero attached hydrogens (tertiary/aromatic N) is 2. The van der Waals surface area contributed by atoms with Gasteiger partial charge >= 0.3 is 0 Å². The first-order valence-electron chi connectivity index (χ1n) is 7.83. The third-order valence-corrected chi connectivity index (χ3v) is 4.31. The van der Waals surface area contributed by atoms with E-state index in [1.165, 1.54) is 5.56 Å². The number of hydrogen-bond acceptors (Lipinski definition) is 3. The van der Waals surface area contributed by atoms with Crippen molar-refractivity contribution in [3.05, 3.63) is 59.5 Å². The van der Waals surface area contributed by atoms with Gasteiger partial charge in [-0.1, -0.05) is 30.3 Å². The van der Waals surface area contributed by atoms with Gasteiger partial charge in [-0.2, -0.15) is 0 Å². The van der Waals surface area contributed by atoms with E-state index < -0.39 is 0 Å². The number of furan rings is 1. The maximum absolute atomic E-state index is 12.4. The van der Waals surface area contributed by atoms with Crippen LogP contribution >= 0.6 is 0 Å². The first kappa shape index (κ1) is 14.9. The predicted octanol–water partition coefficient (Wildman–Crippen LogP) is 2.59. The number of benzene rings is 1. The molecule has 116 valence electrons. The molecule has 2 heterocycles. The molecule has 1 saturated heterocycles. The van der Waals surface area contributed by atoms with Gasteiger partial charge in [0.2, 0.25) is 0 Å². The molecule has 0 atom stereocenters. The zero-order valence-electron chi connectivity index (χ0n) is 13.0. The molecule has 3 rings (SSSR count). The van der Waals surface area contributed by atoms with Crippen LogP contribution in [0.25, 0.3) is 0 Å². The van der Waals surface area contributed by atoms with E-state index in [0.717, 1.165) is 39.1 Å². The molecular weight excluding hydrogens is 276 g/mol. The fourth-order valence-electron chi connectivity index (χ4n) is 2.88. The van der Waals surface area contributed by atoms with Crippen LogP contribution in [0.2, 0.25) is 0 Å². The van der Waals surface area contributed by atoms with E-state index in [9.17, 15) is 4.79 Å². The van der Waals surface area contributed by atoms with Gasteiger partial charge in [-0.15, -0.1) is 0 Å². The average Bonchev–Trinajstić information content (AvgIpc) is 3.00. The van der Waals surface area contributed by atoms with E-state index in [1.807, 2.05) is 17.9 Å². The van der Waals surface area contributed by atoms with Gasteiger partial charge in [0.1, 0.15) is 5.76 Å². The molecule has 0 aliphatic carbocycles. The summed E-state index contributed by atoms with van der Waals surface area (Å²) in [6, 6.07) is 12.3. The fraction of sp³-hybridized carbons (Fsp3) is 0.389. The van der Waals surface area contributed by atoms with Crippen LogP contribution in [-0.4, -0.2) is 48.4 Å². The SMILES string of the molecule is Cc1occc1C(=O)N1CCN(CCc2ccccc2)CC1. The van der Waals surface area contributed by atoms with E-state index in [4.69, 9.17) is 4.42 Å². The topological polar surface area (TPSA) is 36.7 Å². The van der Waals surface area contributed by atoms with Gasteiger partial charge in [0, 0.05) is 32.7 Å². The van der Waals surface area contributed by atoms with Crippen LogP contribution in [0.1, 0.15) is 21.7 Å². The van der Waals surface area contributed by atoms with Crippen LogP contribution < -0.4 is 0 Å². The second-order valence-corrected chi connectivity index (χ2v) is 5.76. The smallest absolute Gasteiger partial charge is 0.257 e. The van der Waals surface area contributed by atoms with Gasteiger partial charge in [-0.3, -0.25) is 9.69 Å². The van der Waals surface area contributed by atoms with E-state index >= 15 is 0 Å². The van der Waals surface area contributed by atoms with Gasteiger partial charge in [-0.05, 0) is 25.0 Å². The average molecular weight is 298 g/mol. The minimum absolute atomic E-state index is 0.0916. The molecule has 0 unspecified atom stereocenters. The Morgan fingerprint density at radius 1 is 1.09 bits per heavy atom. The van der Waals surface area contributed by atoms with Gasteiger partial charge in [-0.25, -0.2) is 0 Å². The molecule has 0 radical (unpaired) electrons. The second kappa shape index (κ2) is 6.79. The number of carbonyl (C=O) groups is 1. The maximum Gasteiger partial charge on any atom is 0.257 e. The van der Waals surface area contributed by atoms with Crippen LogP contribution in [0.3, 0.4) is 0 Å². The van der Waals surface area contributed by atoms with Crippen molar-refractivity contribution in [1.82, 2.24) is 9.80 Å². The summed E-state index contributed by atoms with van der Waals surface area (Å²) < 4.78 is 5.23. The summed E-state index contributed by atoms with van der Waals surface area (Å²) in [4.78, 5) is 16.8. The Bertz CT molecular complexity index is 613. The van der Waals surface area contributed by atoms with Crippen molar-refractivity contribution in [3.8, 4) is 0 Å². The molecular formula is C18H22N2O2. The summed E-state index contributed by atoms with van der Waals surface area (Å²) in [7, 11) is 0. The number of aryl methyl sites for hydroxylation is 1. The molecule has 1 fully saturated rings. The third kappa shape index (κ3) is 3.39. The standard InChI is InChI=1S/C18H22N2O2/c1-15-17(8-14-22-15)18(21)20-12-10-19(11-13-20)9-7-16-5-3-2-4-6-16/h2-6,8,14H,7,9-13H2,1H3. The first-order valence-corrected chi connectivity index (χ1v) is 7.83. The zero-order valence-corrected chi connectivity index (χ0v) is 13.0. The molecule has 2 aromatic rings. The maximum atomic E-state index is 12.4. The number of piperazine rings is 1. The van der Waals surface area contributed by atoms with Crippen LogP contribution in [0.4, 0.5) is 0 Å². The number of carbonyl (C=O) groups excluding carboxylic acids is 1. The summed E-state index contributed by atoms with van der Waals surface area (Å²) in [5.74, 6) is 0.797. The lowest BCUT2D eigenvalue weighted by Gasteiger charge is -2.34. The molecule has 1 aliphatic rings. The minimum atomic E-state index is 0.0916. The van der Waals surface area contributed by atoms with Crippen molar-refractivity contribution in [2.24, 2.45) is 0 Å². The molecule has 22 heavy (non-hydrogen) atoms. The number of amides is 1. The van der Waals surface area contributed by atoms with E-state index in [2.05, 4.69) is 29.2 Å². The molecule has 4 nitrogen and oxygen atoms in total. The molecule has 1 aromatic heterocycles. The summed E-state index contributed by atoms with van der Waals surface area (Å²) in [6.07, 6.45) is 2.65. The van der Waals surface area contributed by atoms with Gasteiger partial charge in [0.05, 0.1) is 11.8 Å². The highest BCUT2D eigenvalue weighted by molar-refractivity contribution is 5.95. The first-order chi connectivity index (χ1) is 10.7. The lowest BCUT2D eigenvalue weighted by Crippen LogP contribution is -2.49. The van der Waals surface area contributed by atoms with Crippen molar-refractivity contribution in [2.75, 3.05) is 32.7 Å². The Kier molecular flexibility index (Phi) is 4.59. The largest absolute Gasteiger partial charge is 0.469 e. The Morgan fingerprint density at radius 3 is 2.45 bits per heavy atom. The molecule has 4 heteroatoms. The van der Waals surface area contributed by atoms with E-state index in [-0.39, 0.29) is 5.91 Å². The predicted molar refractivity (Wildman–Crippen MR) is 85.9 cm³/mol. The number of rotatable bonds is 4. The molecule has 1 aromatic carbocycles. The van der Waals surface area contributed by atoms with E-state index in [1.54, 1.807) is 12.3 Å². The quantitative estimate of drug-likeness (QED) is 0.870. The molecule has 1 aliphatic heterocycles. The Balaban J connectivity index is 1.48. The number of hydrogen-bond donors (Lipinski definition) is 0. The van der Waals surface area contributed by atoms with Crippen molar-refractivity contribution in [1.29, 1.82) is 0 Å². The highest BCUT2D eigenvalue weighted by atomic mass is 16.3. The molecule has 0 spiro atoms. The molecule has 0 N–H and O–H groups in total. The Hall–Kier alpha value is -2.07. The van der Waals surface area contributed by atoms with Crippen LogP contribution in [0.15, 0.2) is 47.1 Å². The van der Waals surface area contributed by atoms with Gasteiger partial charge < -0.3 is 9.32 Å².